The Bertz CT molecular complexity index is 319. The first kappa shape index (κ1) is 11.9. The van der Waals surface area contributed by atoms with Crippen LogP contribution in [0.1, 0.15) is 31.7 Å². The van der Waals surface area contributed by atoms with Gasteiger partial charge in [0.05, 0.1) is 0 Å². The molecular formula is C13H19ClN2. The molecule has 0 radical (unpaired) electrons. The van der Waals surface area contributed by atoms with Gasteiger partial charge in [-0.2, -0.15) is 0 Å². The molecule has 1 aromatic rings. The Balaban J connectivity index is 1.90. The summed E-state index contributed by atoms with van der Waals surface area (Å²) in [7, 11) is 0. The lowest BCUT2D eigenvalue weighted by atomic mass is 10.2. The van der Waals surface area contributed by atoms with Gasteiger partial charge in [-0.25, -0.2) is 4.98 Å². The van der Waals surface area contributed by atoms with E-state index in [1.807, 2.05) is 12.3 Å². The van der Waals surface area contributed by atoms with Gasteiger partial charge in [-0.3, -0.25) is 4.90 Å². The number of nitrogens with zero attached hydrogens (tertiary/aromatic N) is 2. The van der Waals surface area contributed by atoms with Gasteiger partial charge in [0.15, 0.2) is 0 Å². The standard InChI is InChI=1S/C13H19ClN2/c1-2-7-16(9-11-3-4-11)10-12-5-6-13(14)15-8-12/h5-6,8,11H,2-4,7,9-10H2,1H3. The Hall–Kier alpha value is -0.600. The summed E-state index contributed by atoms with van der Waals surface area (Å²) >= 11 is 5.78. The summed E-state index contributed by atoms with van der Waals surface area (Å²) in [5.74, 6) is 0.951. The van der Waals surface area contributed by atoms with E-state index in [0.29, 0.717) is 5.15 Å². The molecule has 1 saturated carbocycles. The minimum Gasteiger partial charge on any atom is -0.299 e. The molecule has 0 saturated heterocycles. The topological polar surface area (TPSA) is 16.1 Å². The number of hydrogen-bond donors (Lipinski definition) is 0. The Morgan fingerprint density at radius 1 is 1.44 bits per heavy atom. The lowest BCUT2D eigenvalue weighted by Crippen LogP contribution is -2.26. The second-order valence-corrected chi connectivity index (χ2v) is 5.05. The number of halogens is 1. The third kappa shape index (κ3) is 3.76. The van der Waals surface area contributed by atoms with Gasteiger partial charge in [-0.15, -0.1) is 0 Å². The van der Waals surface area contributed by atoms with Crippen LogP contribution in [0.25, 0.3) is 0 Å². The van der Waals surface area contributed by atoms with E-state index >= 15 is 0 Å². The molecule has 1 fully saturated rings. The number of rotatable bonds is 6. The van der Waals surface area contributed by atoms with Crippen molar-refractivity contribution in [1.82, 2.24) is 9.88 Å². The second-order valence-electron chi connectivity index (χ2n) is 4.67. The molecule has 0 aromatic carbocycles. The number of hydrogen-bond acceptors (Lipinski definition) is 2. The maximum atomic E-state index is 5.78. The molecule has 1 aliphatic carbocycles. The molecule has 0 bridgehead atoms. The van der Waals surface area contributed by atoms with Gasteiger partial charge in [0.1, 0.15) is 5.15 Å². The van der Waals surface area contributed by atoms with E-state index in [-0.39, 0.29) is 0 Å². The fourth-order valence-corrected chi connectivity index (χ4v) is 2.09. The largest absolute Gasteiger partial charge is 0.299 e. The molecule has 0 amide bonds. The van der Waals surface area contributed by atoms with Crippen LogP contribution in [0.2, 0.25) is 5.15 Å². The highest BCUT2D eigenvalue weighted by Crippen LogP contribution is 2.30. The fourth-order valence-electron chi connectivity index (χ4n) is 1.97. The van der Waals surface area contributed by atoms with Crippen molar-refractivity contribution in [1.29, 1.82) is 0 Å². The van der Waals surface area contributed by atoms with Gasteiger partial charge >= 0.3 is 0 Å². The summed E-state index contributed by atoms with van der Waals surface area (Å²) in [4.78, 5) is 6.66. The lowest BCUT2D eigenvalue weighted by molar-refractivity contribution is 0.255. The Labute approximate surface area is 103 Å². The number of pyridine rings is 1. The van der Waals surface area contributed by atoms with Crippen LogP contribution in [0.4, 0.5) is 0 Å². The maximum Gasteiger partial charge on any atom is 0.129 e. The zero-order valence-corrected chi connectivity index (χ0v) is 10.6. The van der Waals surface area contributed by atoms with E-state index in [2.05, 4.69) is 22.9 Å². The van der Waals surface area contributed by atoms with E-state index in [1.54, 1.807) is 0 Å². The summed E-state index contributed by atoms with van der Waals surface area (Å²) in [5.41, 5.74) is 1.26. The summed E-state index contributed by atoms with van der Waals surface area (Å²) in [6, 6.07) is 3.95. The summed E-state index contributed by atoms with van der Waals surface area (Å²) < 4.78 is 0. The SMILES string of the molecule is CCCN(Cc1ccc(Cl)nc1)CC1CC1. The molecule has 0 unspecified atom stereocenters. The normalized spacial score (nSPS) is 15.7. The first-order valence-corrected chi connectivity index (χ1v) is 6.48. The molecule has 2 nitrogen and oxygen atoms in total. The van der Waals surface area contributed by atoms with Crippen molar-refractivity contribution in [3.63, 3.8) is 0 Å². The van der Waals surface area contributed by atoms with Crippen LogP contribution in [-0.4, -0.2) is 23.0 Å². The second kappa shape index (κ2) is 5.65. The van der Waals surface area contributed by atoms with Crippen molar-refractivity contribution < 1.29 is 0 Å². The molecule has 88 valence electrons. The summed E-state index contributed by atoms with van der Waals surface area (Å²) in [6.07, 6.45) is 5.93. The molecule has 3 heteroatoms. The van der Waals surface area contributed by atoms with E-state index in [9.17, 15) is 0 Å². The zero-order valence-electron chi connectivity index (χ0n) is 9.82. The minimum atomic E-state index is 0.577. The number of aromatic nitrogens is 1. The van der Waals surface area contributed by atoms with E-state index in [4.69, 9.17) is 11.6 Å². The van der Waals surface area contributed by atoms with Crippen LogP contribution in [-0.2, 0) is 6.54 Å². The molecule has 1 heterocycles. The molecule has 2 rings (SSSR count). The van der Waals surface area contributed by atoms with Crippen molar-refractivity contribution in [2.75, 3.05) is 13.1 Å². The molecule has 1 aromatic heterocycles. The van der Waals surface area contributed by atoms with Gasteiger partial charge < -0.3 is 0 Å². The smallest absolute Gasteiger partial charge is 0.129 e. The third-order valence-electron chi connectivity index (χ3n) is 2.95. The molecule has 0 spiro atoms. The zero-order chi connectivity index (χ0) is 11.4. The Kier molecular flexibility index (Phi) is 4.19. The van der Waals surface area contributed by atoms with E-state index < -0.39 is 0 Å². The van der Waals surface area contributed by atoms with Crippen LogP contribution in [0.3, 0.4) is 0 Å². The Morgan fingerprint density at radius 3 is 2.81 bits per heavy atom. The predicted octanol–water partition coefficient (Wildman–Crippen LogP) is 3.36. The van der Waals surface area contributed by atoms with Crippen molar-refractivity contribution in [2.45, 2.75) is 32.7 Å². The lowest BCUT2D eigenvalue weighted by Gasteiger charge is -2.21. The quantitative estimate of drug-likeness (QED) is 0.707. The van der Waals surface area contributed by atoms with Crippen LogP contribution >= 0.6 is 11.6 Å². The molecule has 16 heavy (non-hydrogen) atoms. The van der Waals surface area contributed by atoms with Gasteiger partial charge in [-0.1, -0.05) is 24.6 Å². The Morgan fingerprint density at radius 2 is 2.25 bits per heavy atom. The average molecular weight is 239 g/mol. The van der Waals surface area contributed by atoms with E-state index in [0.717, 1.165) is 12.5 Å². The van der Waals surface area contributed by atoms with Crippen molar-refractivity contribution in [2.24, 2.45) is 5.92 Å². The van der Waals surface area contributed by atoms with Crippen molar-refractivity contribution in [3.05, 3.63) is 29.0 Å². The van der Waals surface area contributed by atoms with Gasteiger partial charge in [0.25, 0.3) is 0 Å². The first-order valence-electron chi connectivity index (χ1n) is 6.10. The van der Waals surface area contributed by atoms with E-state index in [1.165, 1.54) is 37.9 Å². The predicted molar refractivity (Wildman–Crippen MR) is 67.5 cm³/mol. The monoisotopic (exact) mass is 238 g/mol. The van der Waals surface area contributed by atoms with Crippen LogP contribution < -0.4 is 0 Å². The van der Waals surface area contributed by atoms with Crippen molar-refractivity contribution >= 4 is 11.6 Å². The highest BCUT2D eigenvalue weighted by atomic mass is 35.5. The van der Waals surface area contributed by atoms with Crippen LogP contribution in [0.5, 0.6) is 0 Å². The molecule has 0 N–H and O–H groups in total. The summed E-state index contributed by atoms with van der Waals surface area (Å²) in [6.45, 7) is 5.67. The molecule has 0 atom stereocenters. The van der Waals surface area contributed by atoms with Gasteiger partial charge in [-0.05, 0) is 43.4 Å². The molecule has 1 aliphatic rings. The summed E-state index contributed by atoms with van der Waals surface area (Å²) in [5, 5.41) is 0.577. The maximum absolute atomic E-state index is 5.78. The van der Waals surface area contributed by atoms with Crippen LogP contribution in [0, 0.1) is 5.92 Å². The van der Waals surface area contributed by atoms with Gasteiger partial charge in [0.2, 0.25) is 0 Å². The highest BCUT2D eigenvalue weighted by molar-refractivity contribution is 6.29. The van der Waals surface area contributed by atoms with Crippen LogP contribution in [0.15, 0.2) is 18.3 Å². The van der Waals surface area contributed by atoms with Crippen molar-refractivity contribution in [3.8, 4) is 0 Å². The molecule has 0 aliphatic heterocycles. The molecular weight excluding hydrogens is 220 g/mol. The fraction of sp³-hybridized carbons (Fsp3) is 0.615. The van der Waals surface area contributed by atoms with Gasteiger partial charge in [0, 0.05) is 19.3 Å². The highest BCUT2D eigenvalue weighted by Gasteiger charge is 2.23. The minimum absolute atomic E-state index is 0.577. The third-order valence-corrected chi connectivity index (χ3v) is 3.17. The first-order chi connectivity index (χ1) is 7.78. The average Bonchev–Trinajstić information content (AvgIpc) is 3.06.